The van der Waals surface area contributed by atoms with Gasteiger partial charge in [0.05, 0.1) is 5.56 Å². The molecule has 3 heteroatoms. The van der Waals surface area contributed by atoms with Crippen molar-refractivity contribution in [2.45, 2.75) is 39.5 Å². The molecule has 2 aromatic carbocycles. The van der Waals surface area contributed by atoms with Crippen molar-refractivity contribution < 1.29 is 4.79 Å². The van der Waals surface area contributed by atoms with Gasteiger partial charge < -0.3 is 5.32 Å². The molecule has 1 N–H and O–H groups in total. The number of carbonyl (C=O) groups excluding carboxylic acids is 1. The number of anilines is 1. The molecule has 0 aliphatic heterocycles. The molecule has 0 aliphatic rings. The summed E-state index contributed by atoms with van der Waals surface area (Å²) in [5, 5.41) is 3.07. The Morgan fingerprint density at radius 3 is 2.27 bits per heavy atom. The Balaban J connectivity index is 2.33. The number of rotatable bonds is 4. The lowest BCUT2D eigenvalue weighted by molar-refractivity contribution is 0.102. The van der Waals surface area contributed by atoms with E-state index in [1.807, 2.05) is 30.3 Å². The monoisotopic (exact) mass is 407 g/mol. The van der Waals surface area contributed by atoms with Crippen molar-refractivity contribution in [3.63, 3.8) is 0 Å². The molecule has 0 heterocycles. The maximum Gasteiger partial charge on any atom is 0.256 e. The van der Waals surface area contributed by atoms with E-state index in [1.54, 1.807) is 0 Å². The predicted octanol–water partition coefficient (Wildman–Crippen LogP) is 5.79. The van der Waals surface area contributed by atoms with Crippen LogP contribution in [0.25, 0.3) is 0 Å². The van der Waals surface area contributed by atoms with Crippen molar-refractivity contribution in [2.75, 3.05) is 5.32 Å². The Labute approximate surface area is 146 Å². The molecular formula is C19H22INO. The van der Waals surface area contributed by atoms with Crippen LogP contribution in [0.3, 0.4) is 0 Å². The van der Waals surface area contributed by atoms with Crippen molar-refractivity contribution >= 4 is 34.2 Å². The van der Waals surface area contributed by atoms with E-state index in [9.17, 15) is 4.79 Å². The molecule has 2 aromatic rings. The first-order valence-corrected chi connectivity index (χ1v) is 8.67. The second-order valence-electron chi connectivity index (χ2n) is 6.09. The normalized spacial score (nSPS) is 11.0. The fourth-order valence-electron chi connectivity index (χ4n) is 2.37. The Hall–Kier alpha value is -1.36. The van der Waals surface area contributed by atoms with E-state index >= 15 is 0 Å². The van der Waals surface area contributed by atoms with Gasteiger partial charge in [0, 0.05) is 9.26 Å². The van der Waals surface area contributed by atoms with Gasteiger partial charge in [0.2, 0.25) is 0 Å². The highest BCUT2D eigenvalue weighted by Crippen LogP contribution is 2.29. The summed E-state index contributed by atoms with van der Waals surface area (Å²) in [6.45, 7) is 8.68. The zero-order valence-corrected chi connectivity index (χ0v) is 15.6. The van der Waals surface area contributed by atoms with Crippen molar-refractivity contribution in [3.05, 3.63) is 62.7 Å². The minimum atomic E-state index is -0.0517. The fourth-order valence-corrected chi connectivity index (χ4v) is 3.00. The van der Waals surface area contributed by atoms with Crippen LogP contribution in [-0.4, -0.2) is 5.91 Å². The van der Waals surface area contributed by atoms with Crippen LogP contribution >= 0.6 is 22.6 Å². The van der Waals surface area contributed by atoms with Crippen molar-refractivity contribution in [2.24, 2.45) is 0 Å². The summed E-state index contributed by atoms with van der Waals surface area (Å²) in [5.41, 5.74) is 4.11. The van der Waals surface area contributed by atoms with Crippen LogP contribution in [0.4, 0.5) is 5.69 Å². The van der Waals surface area contributed by atoms with E-state index in [0.29, 0.717) is 17.4 Å². The van der Waals surface area contributed by atoms with E-state index in [0.717, 1.165) is 9.26 Å². The predicted molar refractivity (Wildman–Crippen MR) is 102 cm³/mol. The molecule has 2 rings (SSSR count). The molecule has 0 unspecified atom stereocenters. The van der Waals surface area contributed by atoms with Crippen molar-refractivity contribution in [1.29, 1.82) is 0 Å². The Kier molecular flexibility index (Phi) is 5.62. The van der Waals surface area contributed by atoms with Crippen LogP contribution < -0.4 is 5.32 Å². The second kappa shape index (κ2) is 7.27. The minimum Gasteiger partial charge on any atom is -0.322 e. The molecule has 0 saturated heterocycles. The van der Waals surface area contributed by atoms with Crippen molar-refractivity contribution in [3.8, 4) is 0 Å². The zero-order valence-electron chi connectivity index (χ0n) is 13.5. The van der Waals surface area contributed by atoms with Crippen LogP contribution in [0.15, 0.2) is 42.5 Å². The topological polar surface area (TPSA) is 29.1 Å². The van der Waals surface area contributed by atoms with Gasteiger partial charge in [0.25, 0.3) is 5.91 Å². The lowest BCUT2D eigenvalue weighted by Gasteiger charge is -2.17. The molecule has 116 valence electrons. The summed E-state index contributed by atoms with van der Waals surface area (Å²) in [5.74, 6) is 0.797. The lowest BCUT2D eigenvalue weighted by atomic mass is 9.94. The summed E-state index contributed by atoms with van der Waals surface area (Å²) in [4.78, 5) is 12.5. The van der Waals surface area contributed by atoms with Crippen LogP contribution in [0.5, 0.6) is 0 Å². The van der Waals surface area contributed by atoms with E-state index in [1.165, 1.54) is 11.1 Å². The third kappa shape index (κ3) is 3.88. The van der Waals surface area contributed by atoms with Crippen LogP contribution in [0.1, 0.15) is 61.0 Å². The van der Waals surface area contributed by atoms with Crippen LogP contribution in [0.2, 0.25) is 0 Å². The number of benzene rings is 2. The largest absolute Gasteiger partial charge is 0.322 e. The molecule has 2 nitrogen and oxygen atoms in total. The summed E-state index contributed by atoms with van der Waals surface area (Å²) < 4.78 is 0.961. The molecule has 0 aliphatic carbocycles. The SMILES string of the molecule is CC(C)c1ccc(NC(=O)c2ccccc2I)c(C(C)C)c1. The average molecular weight is 407 g/mol. The molecule has 0 spiro atoms. The highest BCUT2D eigenvalue weighted by Gasteiger charge is 2.14. The molecule has 0 saturated carbocycles. The standard InChI is InChI=1S/C19H22INO/c1-12(2)14-9-10-18(16(11-14)13(3)4)21-19(22)15-7-5-6-8-17(15)20/h5-13H,1-4H3,(H,21,22). The molecule has 0 fully saturated rings. The molecule has 0 bridgehead atoms. The van der Waals surface area contributed by atoms with Gasteiger partial charge in [-0.25, -0.2) is 0 Å². The smallest absolute Gasteiger partial charge is 0.256 e. The summed E-state index contributed by atoms with van der Waals surface area (Å²) >= 11 is 2.19. The third-order valence-corrected chi connectivity index (χ3v) is 4.67. The van der Waals surface area contributed by atoms with Gasteiger partial charge >= 0.3 is 0 Å². The van der Waals surface area contributed by atoms with E-state index < -0.39 is 0 Å². The minimum absolute atomic E-state index is 0.0517. The van der Waals surface area contributed by atoms with Gasteiger partial charge in [-0.3, -0.25) is 4.79 Å². The molecule has 1 amide bonds. The Morgan fingerprint density at radius 2 is 1.68 bits per heavy atom. The van der Waals surface area contributed by atoms with Gasteiger partial charge in [-0.15, -0.1) is 0 Å². The average Bonchev–Trinajstić information content (AvgIpc) is 2.47. The molecule has 0 radical (unpaired) electrons. The maximum atomic E-state index is 12.5. The van der Waals surface area contributed by atoms with Gasteiger partial charge in [-0.2, -0.15) is 0 Å². The summed E-state index contributed by atoms with van der Waals surface area (Å²) in [6, 6.07) is 14.0. The van der Waals surface area contributed by atoms with Crippen LogP contribution in [-0.2, 0) is 0 Å². The first-order chi connectivity index (χ1) is 10.4. The Morgan fingerprint density at radius 1 is 1.00 bits per heavy atom. The molecule has 0 aromatic heterocycles. The number of hydrogen-bond donors (Lipinski definition) is 1. The number of nitrogens with one attached hydrogen (secondary N) is 1. The van der Waals surface area contributed by atoms with Gasteiger partial charge in [0.15, 0.2) is 0 Å². The second-order valence-corrected chi connectivity index (χ2v) is 7.25. The van der Waals surface area contributed by atoms with Crippen LogP contribution in [0, 0.1) is 3.57 Å². The molecule has 22 heavy (non-hydrogen) atoms. The van der Waals surface area contributed by atoms with Gasteiger partial charge in [-0.05, 0) is 63.8 Å². The van der Waals surface area contributed by atoms with E-state index in [4.69, 9.17) is 0 Å². The highest BCUT2D eigenvalue weighted by molar-refractivity contribution is 14.1. The van der Waals surface area contributed by atoms with Crippen molar-refractivity contribution in [1.82, 2.24) is 0 Å². The number of hydrogen-bond acceptors (Lipinski definition) is 1. The zero-order chi connectivity index (χ0) is 16.3. The number of carbonyl (C=O) groups is 1. The van der Waals surface area contributed by atoms with Gasteiger partial charge in [-0.1, -0.05) is 52.0 Å². The highest BCUT2D eigenvalue weighted by atomic mass is 127. The number of amides is 1. The quantitative estimate of drug-likeness (QED) is 0.639. The van der Waals surface area contributed by atoms with Gasteiger partial charge in [0.1, 0.15) is 0 Å². The molecular weight excluding hydrogens is 385 g/mol. The summed E-state index contributed by atoms with van der Waals surface area (Å²) in [6.07, 6.45) is 0. The first kappa shape index (κ1) is 17.0. The van der Waals surface area contributed by atoms with E-state index in [-0.39, 0.29) is 5.91 Å². The Bertz CT molecular complexity index is 677. The third-order valence-electron chi connectivity index (χ3n) is 3.73. The lowest BCUT2D eigenvalue weighted by Crippen LogP contribution is -2.15. The number of halogens is 1. The fraction of sp³-hybridized carbons (Fsp3) is 0.316. The first-order valence-electron chi connectivity index (χ1n) is 7.60. The van der Waals surface area contributed by atoms with E-state index in [2.05, 4.69) is 67.7 Å². The molecule has 0 atom stereocenters. The maximum absolute atomic E-state index is 12.5. The summed E-state index contributed by atoms with van der Waals surface area (Å²) in [7, 11) is 0.